The molecular weight excluding hydrogens is 460 g/mol. The summed E-state index contributed by atoms with van der Waals surface area (Å²) in [5, 5.41) is 0. The van der Waals surface area contributed by atoms with Gasteiger partial charge in [-0.3, -0.25) is 19.3 Å². The number of hydrogen-bond donors (Lipinski definition) is 0. The third-order valence-electron chi connectivity index (χ3n) is 5.36. The summed E-state index contributed by atoms with van der Waals surface area (Å²) < 4.78 is 37.0. The lowest BCUT2D eigenvalue weighted by atomic mass is 10.1. The molecule has 0 aliphatic carbocycles. The minimum Gasteiger partial charge on any atom is -0.493 e. The number of fused-ring (bicyclic) bond motifs is 1. The van der Waals surface area contributed by atoms with Gasteiger partial charge < -0.3 is 9.47 Å². The van der Waals surface area contributed by atoms with Crippen LogP contribution in [0.25, 0.3) is 0 Å². The van der Waals surface area contributed by atoms with Gasteiger partial charge in [0.1, 0.15) is 11.3 Å². The molecule has 0 radical (unpaired) electrons. The zero-order valence-electron chi connectivity index (χ0n) is 18.5. The van der Waals surface area contributed by atoms with Crippen LogP contribution < -0.4 is 4.74 Å². The molecule has 7 nitrogen and oxygen atoms in total. The Morgan fingerprint density at radius 3 is 2.20 bits per heavy atom. The zero-order valence-corrected chi connectivity index (χ0v) is 18.5. The summed E-state index contributed by atoms with van der Waals surface area (Å²) in [5.41, 5.74) is 0.902. The van der Waals surface area contributed by atoms with Crippen molar-refractivity contribution < 1.29 is 37.4 Å². The molecule has 0 fully saturated rings. The molecule has 0 saturated carbocycles. The summed E-state index contributed by atoms with van der Waals surface area (Å²) in [4.78, 5) is 51.4. The molecule has 0 unspecified atom stereocenters. The molecule has 0 spiro atoms. The van der Waals surface area contributed by atoms with E-state index in [1.807, 2.05) is 0 Å². The first-order valence-corrected chi connectivity index (χ1v) is 10.7. The number of benzene rings is 3. The smallest absolute Gasteiger partial charge is 0.342 e. The van der Waals surface area contributed by atoms with Crippen molar-refractivity contribution in [3.05, 3.63) is 100 Å². The molecule has 4 rings (SSSR count). The Morgan fingerprint density at radius 2 is 1.57 bits per heavy atom. The number of carbonyl (C=O) groups is 4. The topological polar surface area (TPSA) is 90.0 Å². The number of esters is 1. The number of ketones is 1. The molecule has 2 amide bonds. The summed E-state index contributed by atoms with van der Waals surface area (Å²) in [6.07, 6.45) is 0. The summed E-state index contributed by atoms with van der Waals surface area (Å²) in [6, 6.07) is 13.6. The van der Waals surface area contributed by atoms with Crippen molar-refractivity contribution in [2.24, 2.45) is 0 Å². The lowest BCUT2D eigenvalue weighted by Gasteiger charge is -2.16. The van der Waals surface area contributed by atoms with Crippen LogP contribution in [0.1, 0.15) is 53.9 Å². The van der Waals surface area contributed by atoms with Crippen LogP contribution in [0.3, 0.4) is 0 Å². The Bertz CT molecular complexity index is 1320. The van der Waals surface area contributed by atoms with E-state index in [1.165, 1.54) is 12.1 Å². The molecule has 0 N–H and O–H groups in total. The van der Waals surface area contributed by atoms with E-state index in [4.69, 9.17) is 9.47 Å². The van der Waals surface area contributed by atoms with Crippen LogP contribution in [0, 0.1) is 11.6 Å². The van der Waals surface area contributed by atoms with Crippen LogP contribution >= 0.6 is 0 Å². The Labute approximate surface area is 198 Å². The third kappa shape index (κ3) is 4.79. The molecule has 1 heterocycles. The fourth-order valence-corrected chi connectivity index (χ4v) is 3.64. The first kappa shape index (κ1) is 23.7. The van der Waals surface area contributed by atoms with Gasteiger partial charge in [0, 0.05) is 5.56 Å². The molecule has 3 aromatic carbocycles. The number of Topliss-reactive ketones (excluding diaryl/α,β-unsaturated/α-hetero) is 1. The van der Waals surface area contributed by atoms with E-state index in [0.717, 1.165) is 23.1 Å². The fraction of sp³-hybridized carbons (Fsp3) is 0.154. The molecule has 0 atom stereocenters. The molecule has 9 heteroatoms. The second-order valence-electron chi connectivity index (χ2n) is 7.63. The highest BCUT2D eigenvalue weighted by atomic mass is 19.2. The van der Waals surface area contributed by atoms with Gasteiger partial charge in [0.15, 0.2) is 24.0 Å². The van der Waals surface area contributed by atoms with Crippen LogP contribution in [-0.4, -0.2) is 41.7 Å². The van der Waals surface area contributed by atoms with Crippen LogP contribution in [-0.2, 0) is 11.3 Å². The zero-order chi connectivity index (χ0) is 25.1. The molecule has 178 valence electrons. The van der Waals surface area contributed by atoms with E-state index < -0.39 is 41.8 Å². The number of imide groups is 1. The molecule has 3 aromatic rings. The lowest BCUT2D eigenvalue weighted by Crippen LogP contribution is -2.29. The number of carbonyl (C=O) groups excluding carboxylic acids is 4. The predicted molar refractivity (Wildman–Crippen MR) is 119 cm³/mol. The predicted octanol–water partition coefficient (Wildman–Crippen LogP) is 4.20. The number of hydrogen-bond acceptors (Lipinski definition) is 6. The van der Waals surface area contributed by atoms with E-state index in [0.29, 0.717) is 16.7 Å². The highest BCUT2D eigenvalue weighted by Crippen LogP contribution is 2.27. The Morgan fingerprint density at radius 1 is 0.886 bits per heavy atom. The first-order chi connectivity index (χ1) is 16.8. The van der Waals surface area contributed by atoms with Gasteiger partial charge in [0.25, 0.3) is 11.8 Å². The molecular formula is C26H19F2NO6. The minimum atomic E-state index is -1.19. The number of ether oxygens (including phenoxy) is 2. The maximum Gasteiger partial charge on any atom is 0.342 e. The standard InChI is InChI=1S/C26H19F2NO6/c1-2-34-23-10-7-15(13-29-24(31)17-5-3-4-6-18(17)25(29)32)11-19(23)26(33)35-14-22(30)16-8-9-20(27)21(28)12-16/h3-12H,2,13-14H2,1H3. The van der Waals surface area contributed by atoms with Gasteiger partial charge in [-0.15, -0.1) is 0 Å². The first-order valence-electron chi connectivity index (χ1n) is 10.7. The van der Waals surface area contributed by atoms with Gasteiger partial charge in [-0.1, -0.05) is 18.2 Å². The number of halogens is 2. The van der Waals surface area contributed by atoms with E-state index in [1.54, 1.807) is 37.3 Å². The van der Waals surface area contributed by atoms with Crippen molar-refractivity contribution in [1.82, 2.24) is 4.90 Å². The average molecular weight is 479 g/mol. The van der Waals surface area contributed by atoms with Crippen molar-refractivity contribution in [2.75, 3.05) is 13.2 Å². The van der Waals surface area contributed by atoms with Gasteiger partial charge in [-0.25, -0.2) is 13.6 Å². The van der Waals surface area contributed by atoms with E-state index in [9.17, 15) is 28.0 Å². The second kappa shape index (κ2) is 9.84. The Kier molecular flexibility index (Phi) is 6.68. The molecule has 1 aliphatic heterocycles. The van der Waals surface area contributed by atoms with Crippen molar-refractivity contribution in [2.45, 2.75) is 13.5 Å². The monoisotopic (exact) mass is 479 g/mol. The summed E-state index contributed by atoms with van der Waals surface area (Å²) in [6.45, 7) is 1.16. The molecule has 0 saturated heterocycles. The van der Waals surface area contributed by atoms with E-state index in [2.05, 4.69) is 0 Å². The summed E-state index contributed by atoms with van der Waals surface area (Å²) >= 11 is 0. The van der Waals surface area contributed by atoms with Gasteiger partial charge in [0.05, 0.1) is 24.3 Å². The Balaban J connectivity index is 1.51. The highest BCUT2D eigenvalue weighted by molar-refractivity contribution is 6.21. The molecule has 0 bridgehead atoms. The number of amides is 2. The van der Waals surface area contributed by atoms with Crippen molar-refractivity contribution in [3.8, 4) is 5.75 Å². The van der Waals surface area contributed by atoms with Gasteiger partial charge in [-0.05, 0) is 55.0 Å². The minimum absolute atomic E-state index is 0.0148. The average Bonchev–Trinajstić information content (AvgIpc) is 3.10. The van der Waals surface area contributed by atoms with Gasteiger partial charge in [0.2, 0.25) is 0 Å². The quantitative estimate of drug-likeness (QED) is 0.273. The molecule has 1 aliphatic rings. The summed E-state index contributed by atoms with van der Waals surface area (Å²) in [7, 11) is 0. The normalized spacial score (nSPS) is 12.5. The molecule has 35 heavy (non-hydrogen) atoms. The van der Waals surface area contributed by atoms with E-state index in [-0.39, 0.29) is 30.0 Å². The van der Waals surface area contributed by atoms with Crippen LogP contribution in [0.2, 0.25) is 0 Å². The van der Waals surface area contributed by atoms with Crippen molar-refractivity contribution >= 4 is 23.6 Å². The lowest BCUT2D eigenvalue weighted by molar-refractivity contribution is 0.0470. The highest BCUT2D eigenvalue weighted by Gasteiger charge is 2.35. The van der Waals surface area contributed by atoms with Crippen molar-refractivity contribution in [3.63, 3.8) is 0 Å². The SMILES string of the molecule is CCOc1ccc(CN2C(=O)c3ccccc3C2=O)cc1C(=O)OCC(=O)c1ccc(F)c(F)c1. The number of rotatable bonds is 8. The number of nitrogens with zero attached hydrogens (tertiary/aromatic N) is 1. The Hall–Kier alpha value is -4.40. The van der Waals surface area contributed by atoms with Crippen LogP contribution in [0.5, 0.6) is 5.75 Å². The summed E-state index contributed by atoms with van der Waals surface area (Å²) in [5.74, 6) is -4.62. The van der Waals surface area contributed by atoms with Gasteiger partial charge >= 0.3 is 5.97 Å². The molecule has 0 aromatic heterocycles. The maximum absolute atomic E-state index is 13.4. The maximum atomic E-state index is 13.4. The fourth-order valence-electron chi connectivity index (χ4n) is 3.64. The van der Waals surface area contributed by atoms with Crippen molar-refractivity contribution in [1.29, 1.82) is 0 Å². The second-order valence-corrected chi connectivity index (χ2v) is 7.63. The largest absolute Gasteiger partial charge is 0.493 e. The van der Waals surface area contributed by atoms with E-state index >= 15 is 0 Å². The van der Waals surface area contributed by atoms with Gasteiger partial charge in [-0.2, -0.15) is 0 Å². The third-order valence-corrected chi connectivity index (χ3v) is 5.36. The van der Waals surface area contributed by atoms with Crippen LogP contribution in [0.15, 0.2) is 60.7 Å². The van der Waals surface area contributed by atoms with Crippen LogP contribution in [0.4, 0.5) is 8.78 Å².